The van der Waals surface area contributed by atoms with E-state index in [2.05, 4.69) is 57.1 Å². The Morgan fingerprint density at radius 1 is 1.10 bits per heavy atom. The highest BCUT2D eigenvalue weighted by atomic mass is 16.3. The fourth-order valence-corrected chi connectivity index (χ4v) is 5.27. The number of piperidine rings is 1. The number of carbonyl (C=O) groups is 3. The van der Waals surface area contributed by atoms with Crippen LogP contribution in [-0.4, -0.2) is 134 Å². The van der Waals surface area contributed by atoms with E-state index in [4.69, 9.17) is 11.5 Å². The van der Waals surface area contributed by atoms with Crippen molar-refractivity contribution in [2.24, 2.45) is 28.3 Å². The van der Waals surface area contributed by atoms with E-state index in [0.29, 0.717) is 55.4 Å². The van der Waals surface area contributed by atoms with Gasteiger partial charge < -0.3 is 47.7 Å². The molecule has 0 bridgehead atoms. The van der Waals surface area contributed by atoms with Crippen molar-refractivity contribution in [2.45, 2.75) is 92.3 Å². The molecule has 0 aromatic rings. The zero-order chi connectivity index (χ0) is 38.8. The van der Waals surface area contributed by atoms with Gasteiger partial charge in [0.25, 0.3) is 5.91 Å². The lowest BCUT2D eigenvalue weighted by Gasteiger charge is -2.38. The molecule has 0 radical (unpaired) electrons. The lowest BCUT2D eigenvalue weighted by Crippen LogP contribution is -2.48. The molecule has 1 fully saturated rings. The number of nitrogens with two attached hydrogens (primary N) is 3. The molecule has 0 aliphatic carbocycles. The Hall–Kier alpha value is -3.21. The van der Waals surface area contributed by atoms with Gasteiger partial charge in [-0.2, -0.15) is 4.91 Å². The predicted octanol–water partition coefficient (Wildman–Crippen LogP) is 1.01. The minimum atomic E-state index is -1.22. The third-order valence-corrected chi connectivity index (χ3v) is 8.45. The summed E-state index contributed by atoms with van der Waals surface area (Å²) in [4.78, 5) is 54.3. The molecular formula is C35H69N9O6. The summed E-state index contributed by atoms with van der Waals surface area (Å²) in [5.74, 6) is -1.07. The Bertz CT molecular complexity index is 1090. The van der Waals surface area contributed by atoms with Crippen molar-refractivity contribution in [1.82, 2.24) is 25.3 Å². The maximum atomic E-state index is 13.0. The Morgan fingerprint density at radius 3 is 2.18 bits per heavy atom. The Balaban J connectivity index is 0. The molecule has 290 valence electrons. The van der Waals surface area contributed by atoms with Crippen molar-refractivity contribution in [3.8, 4) is 0 Å². The first-order valence-electron chi connectivity index (χ1n) is 17.8. The maximum Gasteiger partial charge on any atom is 0.271 e. The van der Waals surface area contributed by atoms with E-state index in [-0.39, 0.29) is 31.2 Å². The number of hydrogen-bond acceptors (Lipinski definition) is 13. The standard InChI is InChI=1S/C32H58N8O6.C2H6.CH5N/c1-7-22(3)17-40(19-29(44)36-30(31(33)34)32(45)35-16-24(5)37-46)14-13-38(6)26-9-11-39(12-10-26)18-25(8-2)27(28(43)21-42)15-23(4)20-41;2*1-2/h15,21-22,24,26,28,41,43H,7-14,16-20,33-34H2,1-6H3,(H,35,45)(H,36,44);1-2H3;2H2,1H3/b23-15+,27-25-;;. The van der Waals surface area contributed by atoms with Crippen molar-refractivity contribution in [2.75, 3.05) is 73.1 Å². The molecule has 0 spiro atoms. The van der Waals surface area contributed by atoms with E-state index in [0.717, 1.165) is 44.5 Å². The number of likely N-dealkylation sites (tertiary alicyclic amines) is 1. The smallest absolute Gasteiger partial charge is 0.271 e. The zero-order valence-electron chi connectivity index (χ0n) is 32.2. The minimum absolute atomic E-state index is 0.0111. The van der Waals surface area contributed by atoms with Gasteiger partial charge in [-0.3, -0.25) is 19.4 Å². The SMILES string of the molecule is CC.CC/C(CN1CCC(N(C)CCN(CC(=O)NC(C(=O)NCC(C)N=O)=C(N)N)CC(C)CC)CC1)=C(\C=C(/C)CO)C(O)C=O.CN. The molecule has 1 heterocycles. The second-order valence-corrected chi connectivity index (χ2v) is 12.4. The van der Waals surface area contributed by atoms with Crippen LogP contribution in [0.1, 0.15) is 74.1 Å². The largest absolute Gasteiger partial charge is 0.392 e. The molecule has 1 rings (SSSR count). The van der Waals surface area contributed by atoms with Crippen LogP contribution in [0, 0.1) is 10.8 Å². The van der Waals surface area contributed by atoms with Gasteiger partial charge >= 0.3 is 0 Å². The second kappa shape index (κ2) is 28.5. The highest BCUT2D eigenvalue weighted by Crippen LogP contribution is 2.21. The zero-order valence-corrected chi connectivity index (χ0v) is 32.2. The van der Waals surface area contributed by atoms with E-state index in [1.807, 2.05) is 20.8 Å². The molecular weight excluding hydrogens is 642 g/mol. The van der Waals surface area contributed by atoms with Gasteiger partial charge in [0.05, 0.1) is 13.2 Å². The summed E-state index contributed by atoms with van der Waals surface area (Å²) in [5, 5.41) is 27.7. The predicted molar refractivity (Wildman–Crippen MR) is 201 cm³/mol. The fourth-order valence-electron chi connectivity index (χ4n) is 5.27. The summed E-state index contributed by atoms with van der Waals surface area (Å²) in [5.41, 5.74) is 17.8. The fraction of sp³-hybridized carbons (Fsp3) is 0.743. The number of likely N-dealkylation sites (N-methyl/N-ethyl adjacent to an activating group) is 1. The second-order valence-electron chi connectivity index (χ2n) is 12.4. The van der Waals surface area contributed by atoms with Crippen LogP contribution in [0.3, 0.4) is 0 Å². The van der Waals surface area contributed by atoms with Gasteiger partial charge in [-0.05, 0) is 77.4 Å². The van der Waals surface area contributed by atoms with Crippen LogP contribution in [0.4, 0.5) is 0 Å². The number of carbonyl (C=O) groups excluding carboxylic acids is 3. The first kappa shape index (κ1) is 48.9. The molecule has 10 N–H and O–H groups in total. The highest BCUT2D eigenvalue weighted by molar-refractivity contribution is 5.98. The van der Waals surface area contributed by atoms with E-state index >= 15 is 0 Å². The van der Waals surface area contributed by atoms with Crippen molar-refractivity contribution in [1.29, 1.82) is 0 Å². The Kier molecular flexibility index (Phi) is 27.9. The Labute approximate surface area is 300 Å². The summed E-state index contributed by atoms with van der Waals surface area (Å²) in [6.45, 7) is 17.9. The van der Waals surface area contributed by atoms with Crippen LogP contribution in [-0.2, 0) is 14.4 Å². The lowest BCUT2D eigenvalue weighted by atomic mass is 9.96. The summed E-state index contributed by atoms with van der Waals surface area (Å²) < 4.78 is 0. The monoisotopic (exact) mass is 712 g/mol. The first-order chi connectivity index (χ1) is 23.8. The van der Waals surface area contributed by atoms with Gasteiger partial charge in [0, 0.05) is 38.8 Å². The molecule has 50 heavy (non-hydrogen) atoms. The third-order valence-electron chi connectivity index (χ3n) is 8.45. The van der Waals surface area contributed by atoms with Crippen molar-refractivity contribution >= 4 is 18.1 Å². The number of hydrogen-bond donors (Lipinski definition) is 7. The van der Waals surface area contributed by atoms with Crippen LogP contribution in [0.25, 0.3) is 0 Å². The van der Waals surface area contributed by atoms with Gasteiger partial charge in [-0.15, -0.1) is 0 Å². The van der Waals surface area contributed by atoms with Crippen molar-refractivity contribution in [3.63, 3.8) is 0 Å². The molecule has 1 saturated heterocycles. The van der Waals surface area contributed by atoms with Crippen LogP contribution < -0.4 is 27.8 Å². The highest BCUT2D eigenvalue weighted by Gasteiger charge is 2.25. The first-order valence-corrected chi connectivity index (χ1v) is 17.8. The number of nitrogens with one attached hydrogen (secondary N) is 2. The van der Waals surface area contributed by atoms with Crippen LogP contribution >= 0.6 is 0 Å². The number of aliphatic hydroxyl groups is 2. The van der Waals surface area contributed by atoms with Crippen LogP contribution in [0.15, 0.2) is 39.5 Å². The van der Waals surface area contributed by atoms with E-state index in [1.54, 1.807) is 19.9 Å². The van der Waals surface area contributed by atoms with Gasteiger partial charge in [0.1, 0.15) is 23.7 Å². The summed E-state index contributed by atoms with van der Waals surface area (Å²) in [6.07, 6.45) is 4.57. The minimum Gasteiger partial charge on any atom is -0.392 e. The number of amides is 2. The lowest BCUT2D eigenvalue weighted by molar-refractivity contribution is -0.124. The number of rotatable bonds is 21. The topological polar surface area (TPSA) is 233 Å². The molecule has 0 saturated carbocycles. The quantitative estimate of drug-likeness (QED) is 0.0383. The van der Waals surface area contributed by atoms with E-state index in [1.165, 1.54) is 7.05 Å². The average Bonchev–Trinajstić information content (AvgIpc) is 3.13. The molecule has 3 unspecified atom stereocenters. The summed E-state index contributed by atoms with van der Waals surface area (Å²) in [7, 11) is 3.59. The van der Waals surface area contributed by atoms with Gasteiger partial charge in [0.2, 0.25) is 5.91 Å². The molecule has 0 aromatic carbocycles. The van der Waals surface area contributed by atoms with E-state index < -0.39 is 24.0 Å². The summed E-state index contributed by atoms with van der Waals surface area (Å²) >= 11 is 0. The number of aliphatic hydroxyl groups excluding tert-OH is 2. The molecule has 15 heteroatoms. The summed E-state index contributed by atoms with van der Waals surface area (Å²) in [6, 6.07) is -0.278. The van der Waals surface area contributed by atoms with Crippen molar-refractivity contribution in [3.05, 3.63) is 39.2 Å². The maximum absolute atomic E-state index is 13.0. The van der Waals surface area contributed by atoms with Crippen LogP contribution in [0.5, 0.6) is 0 Å². The van der Waals surface area contributed by atoms with Gasteiger partial charge in [-0.25, -0.2) is 0 Å². The number of nitroso groups, excluding NO2 is 1. The van der Waals surface area contributed by atoms with Gasteiger partial charge in [-0.1, -0.05) is 57.9 Å². The molecule has 1 aliphatic rings. The Morgan fingerprint density at radius 2 is 1.70 bits per heavy atom. The average molecular weight is 712 g/mol. The van der Waals surface area contributed by atoms with Crippen LogP contribution in [0.2, 0.25) is 0 Å². The van der Waals surface area contributed by atoms with E-state index in [9.17, 15) is 29.5 Å². The molecule has 0 aromatic heterocycles. The molecule has 15 nitrogen and oxygen atoms in total. The third kappa shape index (κ3) is 19.3. The number of nitrogens with zero attached hydrogens (tertiary/aromatic N) is 4. The molecule has 3 atom stereocenters. The number of aldehydes is 1. The molecule has 1 aliphatic heterocycles. The van der Waals surface area contributed by atoms with Gasteiger partial charge in [0.15, 0.2) is 6.29 Å². The van der Waals surface area contributed by atoms with Crippen molar-refractivity contribution < 1.29 is 24.6 Å². The normalized spacial score (nSPS) is 16.1. The molecule has 2 amide bonds.